The summed E-state index contributed by atoms with van der Waals surface area (Å²) < 4.78 is 43.8. The van der Waals surface area contributed by atoms with Gasteiger partial charge in [0.2, 0.25) is 0 Å². The van der Waals surface area contributed by atoms with Gasteiger partial charge in [-0.3, -0.25) is 0 Å². The third-order valence-electron chi connectivity index (χ3n) is 5.00. The average Bonchev–Trinajstić information content (AvgIpc) is 3.24. The molecule has 1 N–H and O–H groups in total. The minimum absolute atomic E-state index is 0.0556. The summed E-state index contributed by atoms with van der Waals surface area (Å²) in [7, 11) is 0.689. The van der Waals surface area contributed by atoms with Crippen LogP contribution >= 0.6 is 0 Å². The Morgan fingerprint density at radius 1 is 1.08 bits per heavy atom. The summed E-state index contributed by atoms with van der Waals surface area (Å²) in [5, 5.41) is 3.34. The molecule has 0 radical (unpaired) electrons. The second kappa shape index (κ2) is 6.42. The monoisotopic (exact) mass is 356 g/mol. The van der Waals surface area contributed by atoms with Crippen LogP contribution in [-0.2, 0) is 10.0 Å². The minimum atomic E-state index is -3.71. The summed E-state index contributed by atoms with van der Waals surface area (Å²) in [4.78, 5) is 0.0660. The number of sulfonamides is 1. The van der Waals surface area contributed by atoms with Crippen LogP contribution in [-0.4, -0.2) is 60.2 Å². The normalized spacial score (nSPS) is 24.5. The molecule has 134 valence electrons. The Hall–Kier alpha value is -1.51. The van der Waals surface area contributed by atoms with Gasteiger partial charge in [0, 0.05) is 31.8 Å². The van der Waals surface area contributed by atoms with Gasteiger partial charge in [0.15, 0.2) is 4.90 Å². The van der Waals surface area contributed by atoms with Crippen molar-refractivity contribution in [1.82, 2.24) is 9.62 Å². The van der Waals surface area contributed by atoms with Crippen molar-refractivity contribution in [2.75, 3.05) is 47.5 Å². The smallest absolute Gasteiger partial charge is 0.250 e. The molecule has 1 atom stereocenters. The van der Waals surface area contributed by atoms with Crippen molar-refractivity contribution in [1.29, 1.82) is 0 Å². The van der Waals surface area contributed by atoms with Crippen LogP contribution in [0.1, 0.15) is 12.8 Å². The van der Waals surface area contributed by atoms with E-state index < -0.39 is 10.0 Å². The van der Waals surface area contributed by atoms with E-state index in [1.54, 1.807) is 16.4 Å². The lowest BCUT2D eigenvalue weighted by Gasteiger charge is -2.24. The van der Waals surface area contributed by atoms with Gasteiger partial charge in [-0.05, 0) is 24.8 Å². The first-order valence-corrected chi connectivity index (χ1v) is 9.41. The molecule has 1 unspecified atom stereocenters. The molecule has 24 heavy (non-hydrogen) atoms. The first-order chi connectivity index (χ1) is 11.5. The maximum Gasteiger partial charge on any atom is 0.250 e. The number of nitrogens with one attached hydrogen (secondary N) is 1. The Morgan fingerprint density at radius 2 is 1.75 bits per heavy atom. The summed E-state index contributed by atoms with van der Waals surface area (Å²) in [6.45, 7) is 2.86. The fourth-order valence-corrected chi connectivity index (χ4v) is 5.43. The zero-order chi connectivity index (χ0) is 17.4. The molecule has 2 aliphatic rings. The van der Waals surface area contributed by atoms with Crippen LogP contribution in [0.3, 0.4) is 0 Å². The van der Waals surface area contributed by atoms with Crippen LogP contribution in [0.2, 0.25) is 0 Å². The van der Waals surface area contributed by atoms with Gasteiger partial charge in [0.05, 0.1) is 21.3 Å². The van der Waals surface area contributed by atoms with Crippen LogP contribution in [0.25, 0.3) is 0 Å². The van der Waals surface area contributed by atoms with Gasteiger partial charge in [-0.15, -0.1) is 0 Å². The number of benzene rings is 1. The minimum Gasteiger partial charge on any atom is -0.496 e. The first kappa shape index (κ1) is 17.3. The third kappa shape index (κ3) is 2.82. The molecular formula is C16H24N2O5S. The molecule has 0 aliphatic carbocycles. The molecule has 0 saturated carbocycles. The summed E-state index contributed by atoms with van der Waals surface area (Å²) in [5.41, 5.74) is 0.0556. The fraction of sp³-hybridized carbons (Fsp3) is 0.625. The van der Waals surface area contributed by atoms with E-state index >= 15 is 0 Å². The van der Waals surface area contributed by atoms with Crippen LogP contribution in [0.5, 0.6) is 17.2 Å². The quantitative estimate of drug-likeness (QED) is 0.851. The van der Waals surface area contributed by atoms with Crippen molar-refractivity contribution < 1.29 is 22.6 Å². The second-order valence-electron chi connectivity index (χ2n) is 6.38. The molecule has 2 fully saturated rings. The highest BCUT2D eigenvalue weighted by molar-refractivity contribution is 7.89. The number of methoxy groups -OCH3 is 3. The highest BCUT2D eigenvalue weighted by Gasteiger charge is 2.45. The summed E-state index contributed by atoms with van der Waals surface area (Å²) >= 11 is 0. The predicted molar refractivity (Wildman–Crippen MR) is 89.4 cm³/mol. The fourth-order valence-electron chi connectivity index (χ4n) is 3.60. The molecule has 2 aliphatic heterocycles. The molecule has 1 aromatic rings. The molecule has 0 bridgehead atoms. The standard InChI is InChI=1S/C16H24N2O5S/c1-21-12-8-13(22-2)15(14(9-12)23-3)24(19,20)18-7-5-16(11-18)4-6-17-10-16/h8-9,17H,4-7,10-11H2,1-3H3. The van der Waals surface area contributed by atoms with E-state index in [0.29, 0.717) is 18.8 Å². The van der Waals surface area contributed by atoms with Gasteiger partial charge in [0.25, 0.3) is 10.0 Å². The number of hydrogen-bond acceptors (Lipinski definition) is 6. The summed E-state index contributed by atoms with van der Waals surface area (Å²) in [6, 6.07) is 3.14. The zero-order valence-corrected chi connectivity index (χ0v) is 15.1. The van der Waals surface area contributed by atoms with Crippen LogP contribution in [0, 0.1) is 5.41 Å². The molecule has 0 amide bonds. The zero-order valence-electron chi connectivity index (χ0n) is 14.3. The van der Waals surface area contributed by atoms with Crippen molar-refractivity contribution in [3.05, 3.63) is 12.1 Å². The molecule has 1 aromatic carbocycles. The van der Waals surface area contributed by atoms with E-state index in [4.69, 9.17) is 14.2 Å². The Bertz CT molecular complexity index is 688. The van der Waals surface area contributed by atoms with Gasteiger partial charge in [0.1, 0.15) is 17.2 Å². The number of ether oxygens (including phenoxy) is 3. The molecule has 1 spiro atoms. The van der Waals surface area contributed by atoms with Crippen LogP contribution < -0.4 is 19.5 Å². The van der Waals surface area contributed by atoms with Gasteiger partial charge in [-0.2, -0.15) is 4.31 Å². The lowest BCUT2D eigenvalue weighted by molar-refractivity contribution is 0.333. The van der Waals surface area contributed by atoms with E-state index in [2.05, 4.69) is 5.32 Å². The molecule has 2 saturated heterocycles. The molecule has 2 heterocycles. The number of rotatable bonds is 5. The summed E-state index contributed by atoms with van der Waals surface area (Å²) in [6.07, 6.45) is 1.88. The average molecular weight is 356 g/mol. The lowest BCUT2D eigenvalue weighted by atomic mass is 9.87. The Morgan fingerprint density at radius 3 is 2.25 bits per heavy atom. The van der Waals surface area contributed by atoms with E-state index in [9.17, 15) is 8.42 Å². The Balaban J connectivity index is 2.00. The molecule has 0 aromatic heterocycles. The maximum atomic E-state index is 13.2. The second-order valence-corrected chi connectivity index (χ2v) is 8.25. The molecule has 7 nitrogen and oxygen atoms in total. The Labute approximate surface area is 142 Å². The van der Waals surface area contributed by atoms with Crippen LogP contribution in [0.15, 0.2) is 17.0 Å². The van der Waals surface area contributed by atoms with Crippen molar-refractivity contribution in [3.8, 4) is 17.2 Å². The molecule has 3 rings (SSSR count). The first-order valence-electron chi connectivity index (χ1n) is 7.97. The topological polar surface area (TPSA) is 77.1 Å². The van der Waals surface area contributed by atoms with Crippen molar-refractivity contribution in [2.24, 2.45) is 5.41 Å². The maximum absolute atomic E-state index is 13.2. The largest absolute Gasteiger partial charge is 0.496 e. The van der Waals surface area contributed by atoms with Gasteiger partial charge in [-0.25, -0.2) is 8.42 Å². The summed E-state index contributed by atoms with van der Waals surface area (Å²) in [5.74, 6) is 0.953. The Kier molecular flexibility index (Phi) is 4.63. The van der Waals surface area contributed by atoms with Crippen molar-refractivity contribution in [3.63, 3.8) is 0 Å². The van der Waals surface area contributed by atoms with E-state index in [-0.39, 0.29) is 21.8 Å². The van der Waals surface area contributed by atoms with Gasteiger partial charge < -0.3 is 19.5 Å². The van der Waals surface area contributed by atoms with E-state index in [1.165, 1.54) is 21.3 Å². The highest BCUT2D eigenvalue weighted by atomic mass is 32.2. The van der Waals surface area contributed by atoms with Crippen molar-refractivity contribution >= 4 is 10.0 Å². The van der Waals surface area contributed by atoms with Crippen molar-refractivity contribution in [2.45, 2.75) is 17.7 Å². The van der Waals surface area contributed by atoms with Gasteiger partial charge in [-0.1, -0.05) is 0 Å². The highest BCUT2D eigenvalue weighted by Crippen LogP contribution is 2.43. The molecular weight excluding hydrogens is 332 g/mol. The lowest BCUT2D eigenvalue weighted by Crippen LogP contribution is -2.33. The predicted octanol–water partition coefficient (Wildman–Crippen LogP) is 1.09. The van der Waals surface area contributed by atoms with Crippen LogP contribution in [0.4, 0.5) is 0 Å². The third-order valence-corrected chi connectivity index (χ3v) is 6.91. The van der Waals surface area contributed by atoms with E-state index in [1.807, 2.05) is 0 Å². The molecule has 8 heteroatoms. The number of nitrogens with zero attached hydrogens (tertiary/aromatic N) is 1. The van der Waals surface area contributed by atoms with Gasteiger partial charge >= 0.3 is 0 Å². The van der Waals surface area contributed by atoms with E-state index in [0.717, 1.165) is 25.9 Å². The SMILES string of the molecule is COc1cc(OC)c(S(=O)(=O)N2CCC3(CCNC3)C2)c(OC)c1. The number of hydrogen-bond donors (Lipinski definition) is 1.